The number of sulfonamides is 1. The molecule has 3 aromatic carbocycles. The molecular weight excluding hydrogens is 447 g/mol. The molecule has 33 heavy (non-hydrogen) atoms. The van der Waals surface area contributed by atoms with Gasteiger partial charge < -0.3 is 14.4 Å². The predicted octanol–water partition coefficient (Wildman–Crippen LogP) is 3.94. The van der Waals surface area contributed by atoms with Crippen molar-refractivity contribution < 1.29 is 27.1 Å². The molecule has 0 saturated carbocycles. The number of nitrogens with zero attached hydrogens (tertiary/aromatic N) is 1. The van der Waals surface area contributed by atoms with Gasteiger partial charge in [0.25, 0.3) is 15.9 Å². The zero-order valence-corrected chi connectivity index (χ0v) is 18.9. The number of nitrogens with one attached hydrogen (secondary N) is 1. The van der Waals surface area contributed by atoms with E-state index in [2.05, 4.69) is 4.72 Å². The third-order valence-electron chi connectivity index (χ3n) is 5.31. The van der Waals surface area contributed by atoms with E-state index in [9.17, 15) is 17.6 Å². The summed E-state index contributed by atoms with van der Waals surface area (Å²) in [5, 5.41) is 0. The molecule has 0 aromatic heterocycles. The normalized spacial score (nSPS) is 15.9. The number of benzene rings is 3. The minimum Gasteiger partial charge on any atom is -0.496 e. The maximum absolute atomic E-state index is 13.2. The van der Waals surface area contributed by atoms with Gasteiger partial charge in [-0.05, 0) is 55.5 Å². The van der Waals surface area contributed by atoms with E-state index in [1.165, 1.54) is 12.1 Å². The van der Waals surface area contributed by atoms with Gasteiger partial charge in [-0.3, -0.25) is 9.52 Å². The molecule has 0 fully saturated rings. The van der Waals surface area contributed by atoms with Crippen LogP contribution in [-0.4, -0.2) is 32.4 Å². The SMILES string of the molecule is COc1ccccc1CN1Cc2cc(NS(=O)(=O)c3ccc(F)cc3)ccc2O[C@H](C)C1=O. The predicted molar refractivity (Wildman–Crippen MR) is 121 cm³/mol. The number of carbonyl (C=O) groups is 1. The lowest BCUT2D eigenvalue weighted by atomic mass is 10.1. The zero-order chi connectivity index (χ0) is 23.6. The highest BCUT2D eigenvalue weighted by Gasteiger charge is 2.29. The largest absolute Gasteiger partial charge is 0.496 e. The Morgan fingerprint density at radius 2 is 1.85 bits per heavy atom. The van der Waals surface area contributed by atoms with Crippen molar-refractivity contribution in [2.45, 2.75) is 31.0 Å². The second-order valence-corrected chi connectivity index (χ2v) is 9.33. The van der Waals surface area contributed by atoms with Crippen molar-refractivity contribution in [1.29, 1.82) is 0 Å². The van der Waals surface area contributed by atoms with E-state index in [0.29, 0.717) is 29.3 Å². The lowest BCUT2D eigenvalue weighted by molar-refractivity contribution is -0.138. The summed E-state index contributed by atoms with van der Waals surface area (Å²) in [5.74, 6) is 0.461. The van der Waals surface area contributed by atoms with Crippen LogP contribution in [0.4, 0.5) is 10.1 Å². The van der Waals surface area contributed by atoms with Crippen molar-refractivity contribution in [2.24, 2.45) is 0 Å². The first-order valence-electron chi connectivity index (χ1n) is 10.3. The van der Waals surface area contributed by atoms with Crippen LogP contribution < -0.4 is 14.2 Å². The van der Waals surface area contributed by atoms with Gasteiger partial charge >= 0.3 is 0 Å². The molecule has 1 aliphatic rings. The summed E-state index contributed by atoms with van der Waals surface area (Å²) in [5.41, 5.74) is 1.81. The first kappa shape index (κ1) is 22.6. The third kappa shape index (κ3) is 4.93. The highest BCUT2D eigenvalue weighted by atomic mass is 32.2. The second-order valence-electron chi connectivity index (χ2n) is 7.65. The number of hydrogen-bond acceptors (Lipinski definition) is 5. The molecule has 7 nitrogen and oxygen atoms in total. The van der Waals surface area contributed by atoms with Gasteiger partial charge in [-0.2, -0.15) is 0 Å². The van der Waals surface area contributed by atoms with Gasteiger partial charge in [-0.1, -0.05) is 18.2 Å². The lowest BCUT2D eigenvalue weighted by Gasteiger charge is -2.23. The van der Waals surface area contributed by atoms with Crippen molar-refractivity contribution in [1.82, 2.24) is 4.90 Å². The second kappa shape index (κ2) is 9.11. The van der Waals surface area contributed by atoms with Gasteiger partial charge in [-0.25, -0.2) is 12.8 Å². The van der Waals surface area contributed by atoms with Crippen molar-refractivity contribution in [3.63, 3.8) is 0 Å². The first-order valence-corrected chi connectivity index (χ1v) is 11.7. The van der Waals surface area contributed by atoms with Crippen LogP contribution in [0.25, 0.3) is 0 Å². The smallest absolute Gasteiger partial charge is 0.263 e. The van der Waals surface area contributed by atoms with Gasteiger partial charge in [0.2, 0.25) is 0 Å². The Bertz CT molecular complexity index is 1280. The fraction of sp³-hybridized carbons (Fsp3) is 0.208. The number of ether oxygens (including phenoxy) is 2. The fourth-order valence-corrected chi connectivity index (χ4v) is 4.71. The Morgan fingerprint density at radius 3 is 2.58 bits per heavy atom. The van der Waals surface area contributed by atoms with Crippen LogP contribution >= 0.6 is 0 Å². The maximum Gasteiger partial charge on any atom is 0.263 e. The number of carbonyl (C=O) groups excluding carboxylic acids is 1. The quantitative estimate of drug-likeness (QED) is 0.590. The van der Waals surface area contributed by atoms with E-state index in [-0.39, 0.29) is 17.3 Å². The van der Waals surface area contributed by atoms with E-state index in [1.807, 2.05) is 24.3 Å². The molecule has 0 spiro atoms. The molecule has 0 radical (unpaired) electrons. The number of hydrogen-bond donors (Lipinski definition) is 1. The number of amides is 1. The monoisotopic (exact) mass is 470 g/mol. The fourth-order valence-electron chi connectivity index (χ4n) is 3.66. The summed E-state index contributed by atoms with van der Waals surface area (Å²) >= 11 is 0. The third-order valence-corrected chi connectivity index (χ3v) is 6.71. The van der Waals surface area contributed by atoms with Gasteiger partial charge in [0, 0.05) is 29.9 Å². The van der Waals surface area contributed by atoms with Crippen molar-refractivity contribution in [2.75, 3.05) is 11.8 Å². The Balaban J connectivity index is 1.61. The average Bonchev–Trinajstić information content (AvgIpc) is 2.90. The minimum absolute atomic E-state index is 0.0586. The lowest BCUT2D eigenvalue weighted by Crippen LogP contribution is -2.37. The summed E-state index contributed by atoms with van der Waals surface area (Å²) in [6.45, 7) is 2.21. The molecule has 1 atom stereocenters. The van der Waals surface area contributed by atoms with Gasteiger partial charge in [0.05, 0.1) is 12.0 Å². The summed E-state index contributed by atoms with van der Waals surface area (Å²) in [7, 11) is -2.34. The maximum atomic E-state index is 13.2. The summed E-state index contributed by atoms with van der Waals surface area (Å²) in [6.07, 6.45) is -0.706. The standard InChI is InChI=1S/C24H23FN2O5S/c1-16-24(28)27(14-17-5-3-4-6-22(17)31-2)15-18-13-20(9-12-23(18)32-16)26-33(29,30)21-10-7-19(25)8-11-21/h3-13,16,26H,14-15H2,1-2H3/t16-/m1/s1. The highest BCUT2D eigenvalue weighted by molar-refractivity contribution is 7.92. The molecule has 3 aromatic rings. The van der Waals surface area contributed by atoms with E-state index >= 15 is 0 Å². The molecule has 1 amide bonds. The highest BCUT2D eigenvalue weighted by Crippen LogP contribution is 2.31. The Kier molecular flexibility index (Phi) is 6.24. The van der Waals surface area contributed by atoms with Crippen molar-refractivity contribution >= 4 is 21.6 Å². The first-order chi connectivity index (χ1) is 15.8. The number of rotatable bonds is 6. The summed E-state index contributed by atoms with van der Waals surface area (Å²) < 4.78 is 52.3. The zero-order valence-electron chi connectivity index (χ0n) is 18.1. The van der Waals surface area contributed by atoms with E-state index < -0.39 is 21.9 Å². The number of halogens is 1. The van der Waals surface area contributed by atoms with Crippen molar-refractivity contribution in [3.8, 4) is 11.5 Å². The van der Waals surface area contributed by atoms with Gasteiger partial charge in [0.15, 0.2) is 6.10 Å². The molecule has 0 bridgehead atoms. The topological polar surface area (TPSA) is 84.9 Å². The minimum atomic E-state index is -3.91. The summed E-state index contributed by atoms with van der Waals surface area (Å²) in [4.78, 5) is 14.5. The van der Waals surface area contributed by atoms with Crippen LogP contribution in [0, 0.1) is 5.82 Å². The van der Waals surface area contributed by atoms with E-state index in [1.54, 1.807) is 37.1 Å². The van der Waals surface area contributed by atoms with Crippen LogP contribution in [0.5, 0.6) is 11.5 Å². The number of methoxy groups -OCH3 is 1. The molecule has 1 heterocycles. The molecule has 172 valence electrons. The average molecular weight is 471 g/mol. The van der Waals surface area contributed by atoms with Crippen LogP contribution in [0.3, 0.4) is 0 Å². The molecule has 0 saturated heterocycles. The molecule has 4 rings (SSSR count). The van der Waals surface area contributed by atoms with Crippen LogP contribution in [-0.2, 0) is 27.9 Å². The van der Waals surface area contributed by atoms with Gasteiger partial charge in [0.1, 0.15) is 17.3 Å². The Morgan fingerprint density at radius 1 is 1.12 bits per heavy atom. The molecule has 0 unspecified atom stereocenters. The molecule has 9 heteroatoms. The van der Waals surface area contributed by atoms with Crippen LogP contribution in [0.1, 0.15) is 18.1 Å². The van der Waals surface area contributed by atoms with Gasteiger partial charge in [-0.15, -0.1) is 0 Å². The Labute approximate surface area is 191 Å². The van der Waals surface area contributed by atoms with E-state index in [4.69, 9.17) is 9.47 Å². The molecule has 1 N–H and O–H groups in total. The molecular formula is C24H23FN2O5S. The van der Waals surface area contributed by atoms with Crippen molar-refractivity contribution in [3.05, 3.63) is 83.7 Å². The molecule has 0 aliphatic carbocycles. The Hall–Kier alpha value is -3.59. The van der Waals surface area contributed by atoms with Crippen LogP contribution in [0.2, 0.25) is 0 Å². The number of anilines is 1. The number of para-hydroxylation sites is 1. The summed E-state index contributed by atoms with van der Waals surface area (Å²) in [6, 6.07) is 16.8. The van der Waals surface area contributed by atoms with E-state index in [0.717, 1.165) is 17.7 Å². The number of fused-ring (bicyclic) bond motifs is 1. The molecule has 1 aliphatic heterocycles. The van der Waals surface area contributed by atoms with Crippen LogP contribution in [0.15, 0.2) is 71.6 Å².